The minimum Gasteiger partial charge on any atom is -0.205 e. The molecule has 0 saturated carbocycles. The number of benzene rings is 1. The van der Waals surface area contributed by atoms with Crippen molar-refractivity contribution in [1.29, 1.82) is 0 Å². The van der Waals surface area contributed by atoms with Crippen LogP contribution in [0.3, 0.4) is 0 Å². The number of thiophene rings is 1. The molecule has 1 heterocycles. The van der Waals surface area contributed by atoms with Gasteiger partial charge in [-0.25, -0.2) is 8.78 Å². The number of alkyl halides is 2. The normalized spacial score (nSPS) is 11.5. The standard InChI is InChI=1S/C9H4Br2F2S/c10-5-3-14-6-2-1-4(9(12)13)8(11)7(5)6/h1-3,9H. The van der Waals surface area contributed by atoms with Gasteiger partial charge in [0.25, 0.3) is 6.43 Å². The van der Waals surface area contributed by atoms with Crippen molar-refractivity contribution in [3.8, 4) is 0 Å². The largest absolute Gasteiger partial charge is 0.264 e. The minimum absolute atomic E-state index is 0.0385. The van der Waals surface area contributed by atoms with Gasteiger partial charge in [-0.05, 0) is 37.9 Å². The first-order valence-electron chi connectivity index (χ1n) is 3.74. The van der Waals surface area contributed by atoms with Gasteiger partial charge in [-0.1, -0.05) is 6.07 Å². The number of hydrogen-bond donors (Lipinski definition) is 0. The second kappa shape index (κ2) is 3.87. The van der Waals surface area contributed by atoms with Gasteiger partial charge in [0.15, 0.2) is 0 Å². The molecule has 14 heavy (non-hydrogen) atoms. The zero-order chi connectivity index (χ0) is 10.3. The average Bonchev–Trinajstić information content (AvgIpc) is 2.48. The van der Waals surface area contributed by atoms with E-state index in [9.17, 15) is 8.78 Å². The van der Waals surface area contributed by atoms with Crippen LogP contribution in [0.1, 0.15) is 12.0 Å². The van der Waals surface area contributed by atoms with E-state index in [1.165, 1.54) is 17.4 Å². The molecule has 1 aromatic carbocycles. The van der Waals surface area contributed by atoms with Gasteiger partial charge >= 0.3 is 0 Å². The first-order chi connectivity index (χ1) is 6.61. The third-order valence-corrected chi connectivity index (χ3v) is 4.63. The van der Waals surface area contributed by atoms with E-state index in [0.29, 0.717) is 4.47 Å². The molecule has 0 radical (unpaired) electrons. The van der Waals surface area contributed by atoms with Crippen molar-refractivity contribution in [2.45, 2.75) is 6.43 Å². The van der Waals surface area contributed by atoms with Crippen molar-refractivity contribution in [1.82, 2.24) is 0 Å². The molecule has 74 valence electrons. The molecule has 0 aliphatic rings. The summed E-state index contributed by atoms with van der Waals surface area (Å²) in [4.78, 5) is 0. The van der Waals surface area contributed by atoms with Gasteiger partial charge in [0.1, 0.15) is 0 Å². The molecule has 0 bridgehead atoms. The third-order valence-electron chi connectivity index (χ3n) is 1.90. The van der Waals surface area contributed by atoms with E-state index >= 15 is 0 Å². The number of halogens is 4. The summed E-state index contributed by atoms with van der Waals surface area (Å²) < 4.78 is 27.4. The quantitative estimate of drug-likeness (QED) is 0.654. The number of rotatable bonds is 1. The highest BCUT2D eigenvalue weighted by Gasteiger charge is 2.15. The second-order valence-electron chi connectivity index (χ2n) is 2.73. The van der Waals surface area contributed by atoms with Crippen LogP contribution in [0.25, 0.3) is 10.1 Å². The third kappa shape index (κ3) is 1.61. The molecule has 1 aromatic heterocycles. The van der Waals surface area contributed by atoms with Gasteiger partial charge in [0.05, 0.1) is 0 Å². The van der Waals surface area contributed by atoms with Crippen LogP contribution in [-0.4, -0.2) is 0 Å². The summed E-state index contributed by atoms with van der Waals surface area (Å²) >= 11 is 8.07. The predicted octanol–water partition coefficient (Wildman–Crippen LogP) is 5.36. The summed E-state index contributed by atoms with van der Waals surface area (Å²) in [6.07, 6.45) is -2.44. The number of hydrogen-bond acceptors (Lipinski definition) is 1. The lowest BCUT2D eigenvalue weighted by atomic mass is 10.2. The smallest absolute Gasteiger partial charge is 0.205 e. The monoisotopic (exact) mass is 340 g/mol. The predicted molar refractivity (Wildman–Crippen MR) is 62.2 cm³/mol. The molecule has 0 unspecified atom stereocenters. The second-order valence-corrected chi connectivity index (χ2v) is 5.28. The van der Waals surface area contributed by atoms with Crippen molar-refractivity contribution >= 4 is 53.3 Å². The molecule has 5 heteroatoms. The van der Waals surface area contributed by atoms with E-state index in [-0.39, 0.29) is 5.56 Å². The summed E-state index contributed by atoms with van der Waals surface area (Å²) in [5.41, 5.74) is 0.0385. The van der Waals surface area contributed by atoms with Crippen molar-refractivity contribution in [2.75, 3.05) is 0 Å². The molecule has 0 saturated heterocycles. The van der Waals surface area contributed by atoms with Gasteiger partial charge in [-0.2, -0.15) is 0 Å². The highest BCUT2D eigenvalue weighted by atomic mass is 79.9. The van der Waals surface area contributed by atoms with Crippen molar-refractivity contribution in [2.24, 2.45) is 0 Å². The Morgan fingerprint density at radius 3 is 2.57 bits per heavy atom. The van der Waals surface area contributed by atoms with Crippen LogP contribution in [-0.2, 0) is 0 Å². The van der Waals surface area contributed by atoms with Gasteiger partial charge in [0, 0.05) is 30.0 Å². The molecule has 0 amide bonds. The van der Waals surface area contributed by atoms with Crippen LogP contribution in [0, 0.1) is 0 Å². The van der Waals surface area contributed by atoms with Gasteiger partial charge in [-0.15, -0.1) is 11.3 Å². The lowest BCUT2D eigenvalue weighted by molar-refractivity contribution is 0.151. The summed E-state index contributed by atoms with van der Waals surface area (Å²) in [7, 11) is 0. The first-order valence-corrected chi connectivity index (χ1v) is 6.21. The molecule has 0 aliphatic heterocycles. The van der Waals surface area contributed by atoms with E-state index in [2.05, 4.69) is 31.9 Å². The fraction of sp³-hybridized carbons (Fsp3) is 0.111. The Hall–Kier alpha value is -0.000000000000000111. The topological polar surface area (TPSA) is 0 Å². The Bertz CT molecular complexity index is 479. The summed E-state index contributed by atoms with van der Waals surface area (Å²) in [5, 5.41) is 2.72. The van der Waals surface area contributed by atoms with Crippen LogP contribution < -0.4 is 0 Å². The van der Waals surface area contributed by atoms with Gasteiger partial charge < -0.3 is 0 Å². The maximum Gasteiger partial charge on any atom is 0.264 e. The van der Waals surface area contributed by atoms with Gasteiger partial charge in [0.2, 0.25) is 0 Å². The molecule has 0 fully saturated rings. The van der Waals surface area contributed by atoms with Gasteiger partial charge in [-0.3, -0.25) is 0 Å². The Kier molecular flexibility index (Phi) is 2.91. The number of fused-ring (bicyclic) bond motifs is 1. The molecule has 0 N–H and O–H groups in total. The van der Waals surface area contributed by atoms with Crippen molar-refractivity contribution in [3.63, 3.8) is 0 Å². The van der Waals surface area contributed by atoms with Crippen LogP contribution in [0.2, 0.25) is 0 Å². The Labute approximate surface area is 100 Å². The van der Waals surface area contributed by atoms with E-state index in [1.807, 2.05) is 5.38 Å². The lowest BCUT2D eigenvalue weighted by Gasteiger charge is -2.04. The maximum absolute atomic E-state index is 12.6. The summed E-state index contributed by atoms with van der Waals surface area (Å²) in [5.74, 6) is 0. The summed E-state index contributed by atoms with van der Waals surface area (Å²) in [6, 6.07) is 3.18. The molecule has 0 atom stereocenters. The zero-order valence-electron chi connectivity index (χ0n) is 6.73. The van der Waals surface area contributed by atoms with Crippen LogP contribution in [0.15, 0.2) is 26.5 Å². The minimum atomic E-state index is -2.44. The van der Waals surface area contributed by atoms with Crippen LogP contribution in [0.4, 0.5) is 8.78 Å². The van der Waals surface area contributed by atoms with E-state index in [4.69, 9.17) is 0 Å². The molecular weight excluding hydrogens is 338 g/mol. The Balaban J connectivity index is 2.79. The molecular formula is C9H4Br2F2S. The molecule has 0 nitrogen and oxygen atoms in total. The highest BCUT2D eigenvalue weighted by molar-refractivity contribution is 9.11. The Morgan fingerprint density at radius 2 is 1.93 bits per heavy atom. The van der Waals surface area contributed by atoms with E-state index < -0.39 is 6.43 Å². The average molecular weight is 342 g/mol. The van der Waals surface area contributed by atoms with Crippen molar-refractivity contribution in [3.05, 3.63) is 32.0 Å². The molecule has 0 spiro atoms. The zero-order valence-corrected chi connectivity index (χ0v) is 10.7. The Morgan fingerprint density at radius 1 is 1.21 bits per heavy atom. The SMILES string of the molecule is FC(F)c1ccc2scc(Br)c2c1Br. The summed E-state index contributed by atoms with van der Waals surface area (Å²) in [6.45, 7) is 0. The fourth-order valence-corrected chi connectivity index (χ4v) is 4.02. The van der Waals surface area contributed by atoms with Crippen LogP contribution >= 0.6 is 43.2 Å². The molecule has 0 aliphatic carbocycles. The van der Waals surface area contributed by atoms with E-state index in [0.717, 1.165) is 14.6 Å². The first kappa shape index (κ1) is 10.5. The molecule has 2 rings (SSSR count). The molecule has 2 aromatic rings. The highest BCUT2D eigenvalue weighted by Crippen LogP contribution is 2.40. The van der Waals surface area contributed by atoms with E-state index in [1.54, 1.807) is 6.07 Å². The fourth-order valence-electron chi connectivity index (χ4n) is 1.24. The maximum atomic E-state index is 12.6. The van der Waals surface area contributed by atoms with Crippen LogP contribution in [0.5, 0.6) is 0 Å². The lowest BCUT2D eigenvalue weighted by Crippen LogP contribution is -1.85. The van der Waals surface area contributed by atoms with Crippen molar-refractivity contribution < 1.29 is 8.78 Å².